The number of hydrogen-bond donors (Lipinski definition) is 0. The van der Waals surface area contributed by atoms with E-state index in [1.54, 1.807) is 35.2 Å². The number of carbonyl (C=O) groups is 1. The van der Waals surface area contributed by atoms with Crippen molar-refractivity contribution < 1.29 is 13.9 Å². The molecule has 1 unspecified atom stereocenters. The van der Waals surface area contributed by atoms with Crippen molar-refractivity contribution in [3.8, 4) is 0 Å². The highest BCUT2D eigenvalue weighted by molar-refractivity contribution is 9.10. The van der Waals surface area contributed by atoms with E-state index in [-0.39, 0.29) is 17.1 Å². The van der Waals surface area contributed by atoms with Crippen LogP contribution in [0.2, 0.25) is 5.02 Å². The van der Waals surface area contributed by atoms with Crippen LogP contribution in [-0.2, 0) is 4.74 Å². The van der Waals surface area contributed by atoms with Crippen molar-refractivity contribution in [1.82, 2.24) is 9.80 Å². The highest BCUT2D eigenvalue weighted by atomic mass is 79.9. The van der Waals surface area contributed by atoms with E-state index in [9.17, 15) is 9.59 Å². The molecule has 0 bridgehead atoms. The Labute approximate surface area is 192 Å². The van der Waals surface area contributed by atoms with Gasteiger partial charge in [-0.05, 0) is 35.9 Å². The van der Waals surface area contributed by atoms with E-state index in [1.807, 2.05) is 12.1 Å². The van der Waals surface area contributed by atoms with Crippen molar-refractivity contribution >= 4 is 44.4 Å². The molecule has 1 amide bonds. The smallest absolute Gasteiger partial charge is 0.290 e. The highest BCUT2D eigenvalue weighted by Gasteiger charge is 2.42. The van der Waals surface area contributed by atoms with Crippen LogP contribution in [0.15, 0.2) is 56.1 Å². The van der Waals surface area contributed by atoms with Gasteiger partial charge in [-0.3, -0.25) is 14.5 Å². The first-order chi connectivity index (χ1) is 15.0. The Balaban J connectivity index is 1.61. The Morgan fingerprint density at radius 1 is 1.06 bits per heavy atom. The average molecular weight is 504 g/mol. The standard InChI is InChI=1S/C23H20BrClN2O4/c24-15-4-5-18-17(13-15)21(28)19-20(14-2-1-3-16(25)12-14)27(23(29)22(19)31-18)7-6-26-8-10-30-11-9-26/h1-5,12-13,20H,6-11H2. The van der Waals surface area contributed by atoms with E-state index in [0.29, 0.717) is 47.9 Å². The Morgan fingerprint density at radius 3 is 2.65 bits per heavy atom. The average Bonchev–Trinajstić information content (AvgIpc) is 3.05. The first kappa shape index (κ1) is 20.7. The third kappa shape index (κ3) is 3.80. The van der Waals surface area contributed by atoms with E-state index in [2.05, 4.69) is 20.8 Å². The molecular formula is C23H20BrClN2O4. The molecule has 1 atom stereocenters. The Morgan fingerprint density at radius 2 is 1.87 bits per heavy atom. The molecule has 1 saturated heterocycles. The van der Waals surface area contributed by atoms with Crippen LogP contribution in [0.4, 0.5) is 0 Å². The van der Waals surface area contributed by atoms with Gasteiger partial charge >= 0.3 is 0 Å². The third-order valence-corrected chi connectivity index (χ3v) is 6.58. The second-order valence-corrected chi connectivity index (χ2v) is 9.08. The monoisotopic (exact) mass is 502 g/mol. The van der Waals surface area contributed by atoms with Gasteiger partial charge in [0.2, 0.25) is 5.76 Å². The van der Waals surface area contributed by atoms with Crippen LogP contribution < -0.4 is 5.43 Å². The van der Waals surface area contributed by atoms with Crippen LogP contribution >= 0.6 is 27.5 Å². The number of carbonyl (C=O) groups excluding carboxylic acids is 1. The summed E-state index contributed by atoms with van der Waals surface area (Å²) in [6.07, 6.45) is 0. The van der Waals surface area contributed by atoms with Gasteiger partial charge in [-0.1, -0.05) is 39.7 Å². The lowest BCUT2D eigenvalue weighted by molar-refractivity contribution is 0.0314. The van der Waals surface area contributed by atoms with E-state index < -0.39 is 6.04 Å². The molecule has 6 nitrogen and oxygen atoms in total. The van der Waals surface area contributed by atoms with E-state index in [4.69, 9.17) is 20.8 Å². The Kier molecular flexibility index (Phi) is 5.60. The van der Waals surface area contributed by atoms with Gasteiger partial charge in [0.25, 0.3) is 5.91 Å². The van der Waals surface area contributed by atoms with Gasteiger partial charge in [0.15, 0.2) is 5.43 Å². The number of ether oxygens (including phenoxy) is 1. The fourth-order valence-electron chi connectivity index (χ4n) is 4.32. The normalized spacial score (nSPS) is 19.2. The molecule has 160 valence electrons. The van der Waals surface area contributed by atoms with E-state index in [0.717, 1.165) is 23.1 Å². The van der Waals surface area contributed by atoms with Crippen LogP contribution in [0.1, 0.15) is 27.7 Å². The highest BCUT2D eigenvalue weighted by Crippen LogP contribution is 2.38. The summed E-state index contributed by atoms with van der Waals surface area (Å²) in [6.45, 7) is 4.19. The molecule has 0 N–H and O–H groups in total. The van der Waals surface area contributed by atoms with E-state index in [1.165, 1.54) is 0 Å². The number of morpholine rings is 1. The zero-order valence-electron chi connectivity index (χ0n) is 16.6. The number of nitrogens with zero attached hydrogens (tertiary/aromatic N) is 2. The molecule has 8 heteroatoms. The molecule has 0 spiro atoms. The molecular weight excluding hydrogens is 484 g/mol. The first-order valence-corrected chi connectivity index (χ1v) is 11.3. The molecule has 2 aromatic carbocycles. The molecule has 31 heavy (non-hydrogen) atoms. The number of rotatable bonds is 4. The fourth-order valence-corrected chi connectivity index (χ4v) is 4.88. The molecule has 1 fully saturated rings. The van der Waals surface area contributed by atoms with Crippen LogP contribution in [0.3, 0.4) is 0 Å². The van der Waals surface area contributed by atoms with Crippen LogP contribution in [0, 0.1) is 0 Å². The lowest BCUT2D eigenvalue weighted by Crippen LogP contribution is -2.42. The van der Waals surface area contributed by atoms with Crippen molar-refractivity contribution in [2.24, 2.45) is 0 Å². The van der Waals surface area contributed by atoms with Crippen molar-refractivity contribution in [1.29, 1.82) is 0 Å². The van der Waals surface area contributed by atoms with Gasteiger partial charge < -0.3 is 14.1 Å². The van der Waals surface area contributed by atoms with Gasteiger partial charge in [-0.25, -0.2) is 0 Å². The van der Waals surface area contributed by atoms with Crippen molar-refractivity contribution in [3.63, 3.8) is 0 Å². The minimum absolute atomic E-state index is 0.117. The van der Waals surface area contributed by atoms with Crippen LogP contribution in [0.25, 0.3) is 11.0 Å². The lowest BCUT2D eigenvalue weighted by atomic mass is 9.98. The summed E-state index contributed by atoms with van der Waals surface area (Å²) in [4.78, 5) is 30.9. The molecule has 0 aliphatic carbocycles. The second kappa shape index (κ2) is 8.39. The predicted octanol–water partition coefficient (Wildman–Crippen LogP) is 4.09. The largest absolute Gasteiger partial charge is 0.450 e. The van der Waals surface area contributed by atoms with Gasteiger partial charge in [-0.2, -0.15) is 0 Å². The van der Waals surface area contributed by atoms with E-state index >= 15 is 0 Å². The molecule has 2 aliphatic heterocycles. The number of benzene rings is 2. The summed E-state index contributed by atoms with van der Waals surface area (Å²) in [5.74, 6) is -0.151. The molecule has 0 radical (unpaired) electrons. The summed E-state index contributed by atoms with van der Waals surface area (Å²) in [6, 6.07) is 12.0. The molecule has 2 aliphatic rings. The second-order valence-electron chi connectivity index (χ2n) is 7.72. The zero-order valence-corrected chi connectivity index (χ0v) is 19.0. The lowest BCUT2D eigenvalue weighted by Gasteiger charge is -2.31. The van der Waals surface area contributed by atoms with Gasteiger partial charge in [0.05, 0.1) is 30.2 Å². The summed E-state index contributed by atoms with van der Waals surface area (Å²) in [7, 11) is 0. The van der Waals surface area contributed by atoms with Crippen molar-refractivity contribution in [3.05, 3.63) is 79.1 Å². The Hall–Kier alpha value is -2.19. The SMILES string of the molecule is O=C1c2oc3ccc(Br)cc3c(=O)c2C(c2cccc(Cl)c2)N1CCN1CCOCC1. The third-order valence-electron chi connectivity index (χ3n) is 5.85. The minimum atomic E-state index is -0.540. The number of amides is 1. The quantitative estimate of drug-likeness (QED) is 0.537. The minimum Gasteiger partial charge on any atom is -0.450 e. The summed E-state index contributed by atoms with van der Waals surface area (Å²) < 4.78 is 12.2. The summed E-state index contributed by atoms with van der Waals surface area (Å²) in [5, 5.41) is 1.00. The molecule has 3 heterocycles. The van der Waals surface area contributed by atoms with Gasteiger partial charge in [-0.15, -0.1) is 0 Å². The number of halogens is 2. The van der Waals surface area contributed by atoms with Crippen LogP contribution in [-0.4, -0.2) is 55.1 Å². The Bertz CT molecular complexity index is 1220. The fraction of sp³-hybridized carbons (Fsp3) is 0.304. The number of fused-ring (bicyclic) bond motifs is 2. The van der Waals surface area contributed by atoms with Gasteiger partial charge in [0, 0.05) is 35.7 Å². The summed E-state index contributed by atoms with van der Waals surface area (Å²) in [5.41, 5.74) is 1.38. The maximum Gasteiger partial charge on any atom is 0.290 e. The topological polar surface area (TPSA) is 63.0 Å². The maximum absolute atomic E-state index is 13.5. The number of hydrogen-bond acceptors (Lipinski definition) is 5. The molecule has 3 aromatic rings. The van der Waals surface area contributed by atoms with Gasteiger partial charge in [0.1, 0.15) is 5.58 Å². The first-order valence-electron chi connectivity index (χ1n) is 10.2. The summed E-state index contributed by atoms with van der Waals surface area (Å²) >= 11 is 9.67. The molecule has 5 rings (SSSR count). The van der Waals surface area contributed by atoms with Crippen molar-refractivity contribution in [2.45, 2.75) is 6.04 Å². The van der Waals surface area contributed by atoms with Crippen molar-refractivity contribution in [2.75, 3.05) is 39.4 Å². The zero-order chi connectivity index (χ0) is 21.5. The molecule has 0 saturated carbocycles. The predicted molar refractivity (Wildman–Crippen MR) is 122 cm³/mol. The van der Waals surface area contributed by atoms with Crippen LogP contribution in [0.5, 0.6) is 0 Å². The molecule has 1 aromatic heterocycles. The maximum atomic E-state index is 13.5.